The van der Waals surface area contributed by atoms with E-state index in [4.69, 9.17) is 11.5 Å². The van der Waals surface area contributed by atoms with Crippen molar-refractivity contribution in [3.05, 3.63) is 41.7 Å². The van der Waals surface area contributed by atoms with E-state index in [1.807, 2.05) is 24.3 Å². The van der Waals surface area contributed by atoms with Crippen molar-refractivity contribution in [1.82, 2.24) is 10.2 Å². The van der Waals surface area contributed by atoms with Gasteiger partial charge < -0.3 is 16.8 Å². The van der Waals surface area contributed by atoms with Gasteiger partial charge in [0.15, 0.2) is 5.69 Å². The lowest BCUT2D eigenvalue weighted by atomic mass is 10.1. The first kappa shape index (κ1) is 12.9. The largest absolute Gasteiger partial charge is 0.399 e. The second-order valence-corrected chi connectivity index (χ2v) is 4.29. The molecule has 1 aromatic carbocycles. The van der Waals surface area contributed by atoms with Crippen molar-refractivity contribution in [2.75, 3.05) is 17.6 Å². The fourth-order valence-electron chi connectivity index (χ4n) is 1.88. The number of rotatable bonds is 6. The minimum atomic E-state index is -0.542. The van der Waals surface area contributed by atoms with Crippen molar-refractivity contribution in [3.8, 4) is 0 Å². The third-order valence-corrected chi connectivity index (χ3v) is 2.78. The highest BCUT2D eigenvalue weighted by atomic mass is 16.1. The third-order valence-electron chi connectivity index (χ3n) is 2.78. The number of aryl methyl sites for hydroxylation is 1. The normalized spacial score (nSPS) is 10.3. The van der Waals surface area contributed by atoms with Gasteiger partial charge in [-0.2, -0.15) is 5.10 Å². The van der Waals surface area contributed by atoms with Crippen LogP contribution in [0.3, 0.4) is 0 Å². The van der Waals surface area contributed by atoms with Gasteiger partial charge in [0.2, 0.25) is 0 Å². The predicted molar refractivity (Wildman–Crippen MR) is 74.8 cm³/mol. The van der Waals surface area contributed by atoms with Gasteiger partial charge in [0.05, 0.1) is 5.69 Å². The van der Waals surface area contributed by atoms with Gasteiger partial charge in [-0.3, -0.25) is 9.89 Å². The van der Waals surface area contributed by atoms with Gasteiger partial charge in [-0.25, -0.2) is 0 Å². The molecule has 0 fully saturated rings. The summed E-state index contributed by atoms with van der Waals surface area (Å²) in [4.78, 5) is 11.1. The Bertz CT molecular complexity index is 564. The number of benzene rings is 1. The molecule has 100 valence electrons. The number of aromatic amines is 1. The summed E-state index contributed by atoms with van der Waals surface area (Å²) in [6, 6.07) is 7.82. The second-order valence-electron chi connectivity index (χ2n) is 4.29. The molecule has 0 aliphatic carbocycles. The molecule has 2 rings (SSSR count). The number of amides is 1. The topological polar surface area (TPSA) is 110 Å². The molecule has 0 atom stereocenters. The summed E-state index contributed by atoms with van der Waals surface area (Å²) in [6.45, 7) is 0.731. The number of hydrogen-bond donors (Lipinski definition) is 4. The number of anilines is 2. The first-order chi connectivity index (χ1) is 9.16. The maximum absolute atomic E-state index is 11.1. The Labute approximate surface area is 111 Å². The Balaban J connectivity index is 1.81. The van der Waals surface area contributed by atoms with E-state index < -0.39 is 5.91 Å². The molecule has 6 N–H and O–H groups in total. The van der Waals surface area contributed by atoms with E-state index in [9.17, 15) is 4.79 Å². The van der Waals surface area contributed by atoms with Gasteiger partial charge in [0.25, 0.3) is 5.91 Å². The molecular weight excluding hydrogens is 242 g/mol. The molecule has 1 amide bonds. The lowest BCUT2D eigenvalue weighted by molar-refractivity contribution is 0.0996. The molecule has 0 aliphatic rings. The van der Waals surface area contributed by atoms with Crippen molar-refractivity contribution < 1.29 is 4.79 Å². The van der Waals surface area contributed by atoms with Gasteiger partial charge in [-0.1, -0.05) is 12.1 Å². The highest BCUT2D eigenvalue weighted by Gasteiger charge is 2.10. The van der Waals surface area contributed by atoms with Crippen molar-refractivity contribution >= 4 is 17.3 Å². The third kappa shape index (κ3) is 3.48. The first-order valence-corrected chi connectivity index (χ1v) is 6.08. The summed E-state index contributed by atoms with van der Waals surface area (Å²) in [5.74, 6) is -0.542. The number of nitrogens with one attached hydrogen (secondary N) is 2. The molecule has 0 unspecified atom stereocenters. The van der Waals surface area contributed by atoms with Crippen LogP contribution in [0.25, 0.3) is 0 Å². The minimum Gasteiger partial charge on any atom is -0.399 e. The first-order valence-electron chi connectivity index (χ1n) is 6.08. The molecule has 6 nitrogen and oxygen atoms in total. The molecule has 0 radical (unpaired) electrons. The van der Waals surface area contributed by atoms with Crippen molar-refractivity contribution in [2.24, 2.45) is 5.73 Å². The van der Waals surface area contributed by atoms with E-state index in [1.54, 1.807) is 6.20 Å². The van der Waals surface area contributed by atoms with E-state index in [1.165, 1.54) is 5.56 Å². The highest BCUT2D eigenvalue weighted by Crippen LogP contribution is 2.12. The molecule has 6 heteroatoms. The van der Waals surface area contributed by atoms with Crippen LogP contribution < -0.4 is 16.8 Å². The lowest BCUT2D eigenvalue weighted by Crippen LogP contribution is -2.14. The fourth-order valence-corrected chi connectivity index (χ4v) is 1.88. The van der Waals surface area contributed by atoms with Crippen LogP contribution in [0.15, 0.2) is 30.5 Å². The number of hydrogen-bond acceptors (Lipinski definition) is 4. The van der Waals surface area contributed by atoms with Crippen LogP contribution in [0, 0.1) is 0 Å². The molecule has 0 spiro atoms. The summed E-state index contributed by atoms with van der Waals surface area (Å²) in [5.41, 5.74) is 13.8. The van der Waals surface area contributed by atoms with E-state index in [-0.39, 0.29) is 5.69 Å². The Morgan fingerprint density at radius 1 is 1.42 bits per heavy atom. The summed E-state index contributed by atoms with van der Waals surface area (Å²) < 4.78 is 0. The van der Waals surface area contributed by atoms with Crippen molar-refractivity contribution in [3.63, 3.8) is 0 Å². The van der Waals surface area contributed by atoms with Gasteiger partial charge in [-0.05, 0) is 30.5 Å². The van der Waals surface area contributed by atoms with E-state index in [2.05, 4.69) is 15.5 Å². The Morgan fingerprint density at radius 2 is 2.26 bits per heavy atom. The second kappa shape index (κ2) is 5.90. The molecule has 2 aromatic rings. The maximum Gasteiger partial charge on any atom is 0.271 e. The number of aromatic nitrogens is 2. The SMILES string of the molecule is NC(=O)c1n[nH]cc1NCCCc1cccc(N)c1. The smallest absolute Gasteiger partial charge is 0.271 e. The highest BCUT2D eigenvalue weighted by molar-refractivity contribution is 5.96. The zero-order valence-corrected chi connectivity index (χ0v) is 10.5. The maximum atomic E-state index is 11.1. The Kier molecular flexibility index (Phi) is 4.02. The van der Waals surface area contributed by atoms with E-state index in [0.717, 1.165) is 25.1 Å². The summed E-state index contributed by atoms with van der Waals surface area (Å²) >= 11 is 0. The van der Waals surface area contributed by atoms with Crippen molar-refractivity contribution in [2.45, 2.75) is 12.8 Å². The number of primary amides is 1. The zero-order valence-electron chi connectivity index (χ0n) is 10.5. The van der Waals surface area contributed by atoms with Crippen LogP contribution in [0.2, 0.25) is 0 Å². The van der Waals surface area contributed by atoms with Crippen LogP contribution in [-0.4, -0.2) is 22.6 Å². The number of nitrogens with zero attached hydrogens (tertiary/aromatic N) is 1. The average Bonchev–Trinajstić information content (AvgIpc) is 2.83. The van der Waals surface area contributed by atoms with Crippen molar-refractivity contribution in [1.29, 1.82) is 0 Å². The lowest BCUT2D eigenvalue weighted by Gasteiger charge is -2.05. The zero-order chi connectivity index (χ0) is 13.7. The summed E-state index contributed by atoms with van der Waals surface area (Å²) in [6.07, 6.45) is 3.47. The standard InChI is InChI=1S/C13H17N5O/c14-10-5-1-3-9(7-10)4-2-6-16-11-8-17-18-12(11)13(15)19/h1,3,5,7-8,16H,2,4,6,14H2,(H2,15,19)(H,17,18). The van der Waals surface area contributed by atoms with Gasteiger partial charge >= 0.3 is 0 Å². The average molecular weight is 259 g/mol. The fraction of sp³-hybridized carbons (Fsp3) is 0.231. The Morgan fingerprint density at radius 3 is 3.00 bits per heavy atom. The van der Waals surface area contributed by atoms with Crippen LogP contribution >= 0.6 is 0 Å². The van der Waals surface area contributed by atoms with E-state index >= 15 is 0 Å². The molecule has 0 aliphatic heterocycles. The van der Waals surface area contributed by atoms with Gasteiger partial charge in [-0.15, -0.1) is 0 Å². The Hall–Kier alpha value is -2.50. The number of carbonyl (C=O) groups excluding carboxylic acids is 1. The van der Waals surface area contributed by atoms with E-state index in [0.29, 0.717) is 5.69 Å². The van der Waals surface area contributed by atoms with Crippen LogP contribution in [0.4, 0.5) is 11.4 Å². The monoisotopic (exact) mass is 259 g/mol. The molecule has 0 saturated heterocycles. The molecule has 0 saturated carbocycles. The number of nitrogens with two attached hydrogens (primary N) is 2. The number of carbonyl (C=O) groups is 1. The summed E-state index contributed by atoms with van der Waals surface area (Å²) in [5, 5.41) is 9.54. The molecule has 19 heavy (non-hydrogen) atoms. The summed E-state index contributed by atoms with van der Waals surface area (Å²) in [7, 11) is 0. The quantitative estimate of drug-likeness (QED) is 0.460. The molecule has 1 aromatic heterocycles. The predicted octanol–water partition coefficient (Wildman–Crippen LogP) is 1.14. The van der Waals surface area contributed by atoms with Gasteiger partial charge in [0.1, 0.15) is 0 Å². The van der Waals surface area contributed by atoms with Crippen LogP contribution in [-0.2, 0) is 6.42 Å². The van der Waals surface area contributed by atoms with Gasteiger partial charge in [0, 0.05) is 18.4 Å². The number of H-pyrrole nitrogens is 1. The van der Waals surface area contributed by atoms with Crippen LogP contribution in [0.5, 0.6) is 0 Å². The number of nitrogen functional groups attached to an aromatic ring is 1. The molecular formula is C13H17N5O. The molecule has 1 heterocycles. The van der Waals surface area contributed by atoms with Crippen LogP contribution in [0.1, 0.15) is 22.5 Å². The molecule has 0 bridgehead atoms. The minimum absolute atomic E-state index is 0.240.